The molecule has 3 heterocycles. The van der Waals surface area contributed by atoms with Crippen LogP contribution in [-0.2, 0) is 28.8 Å². The van der Waals surface area contributed by atoms with Crippen molar-refractivity contribution in [2.75, 3.05) is 19.1 Å². The van der Waals surface area contributed by atoms with E-state index in [-0.39, 0.29) is 6.54 Å². The van der Waals surface area contributed by atoms with Crippen molar-refractivity contribution in [2.24, 2.45) is 0 Å². The number of hydrogen-bond acceptors (Lipinski definition) is 7. The Labute approximate surface area is 227 Å². The van der Waals surface area contributed by atoms with E-state index < -0.39 is 23.3 Å². The molecule has 0 atom stereocenters. The maximum atomic E-state index is 13.6. The Bertz CT molecular complexity index is 1690. The summed E-state index contributed by atoms with van der Waals surface area (Å²) in [5.41, 5.74) is 0.535. The van der Waals surface area contributed by atoms with Crippen molar-refractivity contribution in [1.29, 1.82) is 0 Å². The van der Waals surface area contributed by atoms with Gasteiger partial charge in [-0.25, -0.2) is 0 Å². The smallest absolute Gasteiger partial charge is 0.416 e. The predicted molar refractivity (Wildman–Crippen MR) is 143 cm³/mol. The molecule has 0 radical (unpaired) electrons. The molecular weight excluding hydrogens is 555 g/mol. The number of thiazole rings is 2. The number of thioether (sulfide) groups is 1. The molecule has 0 aliphatic carbocycles. The van der Waals surface area contributed by atoms with Gasteiger partial charge in [0.25, 0.3) is 10.6 Å². The second-order valence-corrected chi connectivity index (χ2v) is 11.4. The summed E-state index contributed by atoms with van der Waals surface area (Å²) in [6, 6.07) is 13.5. The number of alkyl halides is 3. The third-order valence-electron chi connectivity index (χ3n) is 5.94. The molecule has 0 unspecified atom stereocenters. The highest BCUT2D eigenvalue weighted by Gasteiger charge is 2.33. The Balaban J connectivity index is 1.63. The summed E-state index contributed by atoms with van der Waals surface area (Å²) in [6.07, 6.45) is -0.669. The SMILES string of the molecule is COC(=O)Cn1c(=Cc2scc[n+]2Cc2ccccc2)sc(=C2Sc3cc(C(F)(F)F)ccc3N2C)c1=O. The third kappa shape index (κ3) is 5.16. The van der Waals surface area contributed by atoms with Gasteiger partial charge < -0.3 is 9.64 Å². The Hall–Kier alpha value is -3.35. The fraction of sp³-hybridized carbons (Fsp3) is 0.192. The monoisotopic (exact) mass is 576 g/mol. The van der Waals surface area contributed by atoms with Crippen LogP contribution in [0.2, 0.25) is 0 Å². The minimum absolute atomic E-state index is 0.283. The number of ether oxygens (including phenoxy) is 1. The largest absolute Gasteiger partial charge is 0.468 e. The minimum Gasteiger partial charge on any atom is -0.468 e. The number of benzene rings is 2. The third-order valence-corrected chi connectivity index (χ3v) is 9.25. The molecule has 0 fully saturated rings. The van der Waals surface area contributed by atoms with E-state index in [1.54, 1.807) is 11.9 Å². The molecule has 6 nitrogen and oxygen atoms in total. The lowest BCUT2D eigenvalue weighted by atomic mass is 10.2. The summed E-state index contributed by atoms with van der Waals surface area (Å²) < 4.78 is 48.9. The Morgan fingerprint density at radius 3 is 2.63 bits per heavy atom. The van der Waals surface area contributed by atoms with Crippen molar-refractivity contribution in [3.63, 3.8) is 0 Å². The average molecular weight is 577 g/mol. The summed E-state index contributed by atoms with van der Waals surface area (Å²) in [5.74, 6) is -0.579. The number of nitrogens with zero attached hydrogens (tertiary/aromatic N) is 3. The van der Waals surface area contributed by atoms with Crippen molar-refractivity contribution in [3.05, 3.63) is 95.8 Å². The highest BCUT2D eigenvalue weighted by atomic mass is 32.2. The van der Waals surface area contributed by atoms with Gasteiger partial charge in [0.15, 0.2) is 12.7 Å². The first-order chi connectivity index (χ1) is 18.2. The molecule has 4 aromatic rings. The van der Waals surface area contributed by atoms with Gasteiger partial charge in [-0.3, -0.25) is 14.2 Å². The van der Waals surface area contributed by atoms with E-state index in [1.807, 2.05) is 52.6 Å². The Morgan fingerprint density at radius 2 is 1.92 bits per heavy atom. The number of halogens is 3. The van der Waals surface area contributed by atoms with Gasteiger partial charge in [-0.15, -0.1) is 11.3 Å². The minimum atomic E-state index is -4.47. The van der Waals surface area contributed by atoms with E-state index in [4.69, 9.17) is 4.74 Å². The molecule has 196 valence electrons. The van der Waals surface area contributed by atoms with Crippen LogP contribution in [0, 0.1) is 0 Å². The topological polar surface area (TPSA) is 55.4 Å². The first kappa shape index (κ1) is 26.3. The first-order valence-corrected chi connectivity index (χ1v) is 13.8. The molecule has 0 bridgehead atoms. The highest BCUT2D eigenvalue weighted by Crippen LogP contribution is 2.47. The van der Waals surface area contributed by atoms with Crippen molar-refractivity contribution in [1.82, 2.24) is 4.57 Å². The molecule has 0 N–H and O–H groups in total. The van der Waals surface area contributed by atoms with E-state index >= 15 is 0 Å². The van der Waals surface area contributed by atoms with Crippen LogP contribution in [0.1, 0.15) is 16.1 Å². The van der Waals surface area contributed by atoms with Crippen LogP contribution in [0.25, 0.3) is 11.1 Å². The zero-order chi connectivity index (χ0) is 27.0. The van der Waals surface area contributed by atoms with Crippen LogP contribution in [0.4, 0.5) is 18.9 Å². The summed E-state index contributed by atoms with van der Waals surface area (Å²) >= 11 is 3.79. The summed E-state index contributed by atoms with van der Waals surface area (Å²) in [7, 11) is 2.96. The quantitative estimate of drug-likeness (QED) is 0.268. The maximum Gasteiger partial charge on any atom is 0.416 e. The van der Waals surface area contributed by atoms with E-state index in [9.17, 15) is 22.8 Å². The fourth-order valence-corrected chi connectivity index (χ4v) is 7.28. The van der Waals surface area contributed by atoms with Crippen LogP contribution in [0.15, 0.2) is 69.8 Å². The lowest BCUT2D eigenvalue weighted by Gasteiger charge is -2.13. The van der Waals surface area contributed by atoms with Gasteiger partial charge in [-0.1, -0.05) is 53.4 Å². The Kier molecular flexibility index (Phi) is 7.21. The zero-order valence-electron chi connectivity index (χ0n) is 20.2. The number of carbonyl (C=O) groups excluding carboxylic acids is 1. The standard InChI is InChI=1S/C26H21F3N3O3S3/c1-30-18-9-8-17(26(27,28)29)12-19(18)37-25(30)23-24(34)32(15-22(33)35-2)21(38-23)13-20-31(10-11-36-20)14-16-6-4-3-5-7-16/h3-13H,14-15H2,1-2H3/q+1. The lowest BCUT2D eigenvalue weighted by molar-refractivity contribution is -0.685. The normalized spacial score (nSPS) is 15.2. The number of methoxy groups -OCH3 is 1. The predicted octanol–water partition coefficient (Wildman–Crippen LogP) is 3.64. The number of fused-ring (bicyclic) bond motifs is 1. The first-order valence-electron chi connectivity index (χ1n) is 11.3. The van der Waals surface area contributed by atoms with E-state index in [2.05, 4.69) is 0 Å². The second-order valence-electron chi connectivity index (χ2n) is 8.38. The van der Waals surface area contributed by atoms with Gasteiger partial charge in [0.2, 0.25) is 0 Å². The average Bonchev–Trinajstić information content (AvgIpc) is 3.56. The second kappa shape index (κ2) is 10.4. The maximum absolute atomic E-state index is 13.6. The number of hydrogen-bond donors (Lipinski definition) is 0. The van der Waals surface area contributed by atoms with Gasteiger partial charge in [0, 0.05) is 17.5 Å². The molecule has 12 heteroatoms. The molecule has 2 aromatic heterocycles. The molecule has 1 aliphatic heterocycles. The van der Waals surface area contributed by atoms with Crippen molar-refractivity contribution in [3.8, 4) is 0 Å². The molecule has 0 saturated heterocycles. The number of carbonyl (C=O) groups is 1. The molecule has 1 aliphatic rings. The number of anilines is 1. The van der Waals surface area contributed by atoms with Gasteiger partial charge in [-0.05, 0) is 18.2 Å². The van der Waals surface area contributed by atoms with Gasteiger partial charge in [-0.2, -0.15) is 17.7 Å². The van der Waals surface area contributed by atoms with Crippen molar-refractivity contribution >= 4 is 57.2 Å². The van der Waals surface area contributed by atoms with E-state index in [0.29, 0.717) is 31.4 Å². The fourth-order valence-electron chi connectivity index (χ4n) is 3.99. The molecule has 2 aromatic carbocycles. The van der Waals surface area contributed by atoms with Gasteiger partial charge in [0.1, 0.15) is 20.8 Å². The van der Waals surface area contributed by atoms with Gasteiger partial charge >= 0.3 is 12.1 Å². The van der Waals surface area contributed by atoms with Crippen LogP contribution in [0.3, 0.4) is 0 Å². The van der Waals surface area contributed by atoms with Crippen LogP contribution < -0.4 is 24.2 Å². The van der Waals surface area contributed by atoms with E-state index in [1.165, 1.54) is 40.4 Å². The van der Waals surface area contributed by atoms with Crippen molar-refractivity contribution in [2.45, 2.75) is 24.2 Å². The molecular formula is C26H21F3N3O3S3+. The molecule has 38 heavy (non-hydrogen) atoms. The van der Waals surface area contributed by atoms with Crippen molar-refractivity contribution < 1.29 is 27.3 Å². The van der Waals surface area contributed by atoms with Gasteiger partial charge in [0.05, 0.1) is 29.8 Å². The Morgan fingerprint density at radius 1 is 1.16 bits per heavy atom. The molecule has 0 amide bonds. The number of esters is 1. The lowest BCUT2D eigenvalue weighted by Crippen LogP contribution is -2.37. The van der Waals surface area contributed by atoms with Crippen LogP contribution in [0.5, 0.6) is 0 Å². The van der Waals surface area contributed by atoms with Crippen LogP contribution >= 0.6 is 34.4 Å². The summed E-state index contributed by atoms with van der Waals surface area (Å²) in [6.45, 7) is 0.344. The molecule has 0 spiro atoms. The molecule has 5 rings (SSSR count). The highest BCUT2D eigenvalue weighted by molar-refractivity contribution is 8.08. The number of aromatic nitrogens is 2. The van der Waals surface area contributed by atoms with Crippen LogP contribution in [-0.4, -0.2) is 24.7 Å². The number of rotatable bonds is 5. The summed E-state index contributed by atoms with van der Waals surface area (Å²) in [5, 5.41) is 3.32. The van der Waals surface area contributed by atoms with E-state index in [0.717, 1.165) is 34.5 Å². The zero-order valence-corrected chi connectivity index (χ0v) is 22.6. The summed E-state index contributed by atoms with van der Waals surface area (Å²) in [4.78, 5) is 27.9. The molecule has 0 saturated carbocycles.